The molecule has 0 fully saturated rings. The van der Waals surface area contributed by atoms with Crippen LogP contribution in [0.4, 0.5) is 5.00 Å². The predicted molar refractivity (Wildman–Crippen MR) is 71.3 cm³/mol. The van der Waals surface area contributed by atoms with Gasteiger partial charge in [-0.1, -0.05) is 29.0 Å². The lowest BCUT2D eigenvalue weighted by Crippen LogP contribution is -1.85. The van der Waals surface area contributed by atoms with Gasteiger partial charge in [-0.25, -0.2) is 4.98 Å². The van der Waals surface area contributed by atoms with E-state index in [1.54, 1.807) is 11.3 Å². The van der Waals surface area contributed by atoms with Crippen LogP contribution in [0.15, 0.2) is 18.2 Å². The van der Waals surface area contributed by atoms with Gasteiger partial charge in [-0.3, -0.25) is 0 Å². The Morgan fingerprint density at radius 2 is 1.94 bits per heavy atom. The molecule has 1 aromatic heterocycles. The molecule has 0 aliphatic rings. The van der Waals surface area contributed by atoms with Crippen molar-refractivity contribution in [1.82, 2.24) is 4.98 Å². The van der Waals surface area contributed by atoms with E-state index in [1.165, 1.54) is 16.7 Å². The maximum Gasteiger partial charge on any atom is 0.125 e. The van der Waals surface area contributed by atoms with Crippen LogP contribution < -0.4 is 5.32 Å². The summed E-state index contributed by atoms with van der Waals surface area (Å²) in [5.74, 6) is 0. The van der Waals surface area contributed by atoms with E-state index in [4.69, 9.17) is 0 Å². The zero-order valence-electron chi connectivity index (χ0n) is 10.1. The van der Waals surface area contributed by atoms with Crippen LogP contribution in [-0.4, -0.2) is 12.0 Å². The second-order valence-electron chi connectivity index (χ2n) is 4.00. The fraction of sp³-hybridized carbons (Fsp3) is 0.308. The van der Waals surface area contributed by atoms with Crippen molar-refractivity contribution in [3.8, 4) is 10.6 Å². The van der Waals surface area contributed by atoms with Crippen molar-refractivity contribution >= 4 is 16.3 Å². The van der Waals surface area contributed by atoms with Crippen LogP contribution in [0.3, 0.4) is 0 Å². The zero-order chi connectivity index (χ0) is 11.7. The van der Waals surface area contributed by atoms with Gasteiger partial charge < -0.3 is 5.32 Å². The number of nitrogens with one attached hydrogen (secondary N) is 1. The first-order valence-corrected chi connectivity index (χ1v) is 6.16. The van der Waals surface area contributed by atoms with Gasteiger partial charge in [0.15, 0.2) is 0 Å². The highest BCUT2D eigenvalue weighted by Crippen LogP contribution is 2.33. The minimum atomic E-state index is 1.07. The molecule has 1 heterocycles. The standard InChI is InChI=1S/C13H16N2S/c1-8-5-6-9(2)11(7-8)13-15-10(3)12(14-4)16-13/h5-7,14H,1-4H3. The molecule has 0 aliphatic carbocycles. The average Bonchev–Trinajstić information content (AvgIpc) is 2.63. The number of hydrogen-bond donors (Lipinski definition) is 1. The Balaban J connectivity index is 2.53. The van der Waals surface area contributed by atoms with Crippen LogP contribution in [-0.2, 0) is 0 Å². The fourth-order valence-corrected chi connectivity index (χ4v) is 2.71. The molecule has 84 valence electrons. The van der Waals surface area contributed by atoms with Gasteiger partial charge in [0.25, 0.3) is 0 Å². The number of nitrogens with zero attached hydrogens (tertiary/aromatic N) is 1. The van der Waals surface area contributed by atoms with Crippen molar-refractivity contribution < 1.29 is 0 Å². The summed E-state index contributed by atoms with van der Waals surface area (Å²) in [6, 6.07) is 6.49. The van der Waals surface area contributed by atoms with Crippen molar-refractivity contribution in [2.75, 3.05) is 12.4 Å². The van der Waals surface area contributed by atoms with Gasteiger partial charge in [-0.15, -0.1) is 0 Å². The van der Waals surface area contributed by atoms with Gasteiger partial charge in [0, 0.05) is 12.6 Å². The second kappa shape index (κ2) is 4.26. The summed E-state index contributed by atoms with van der Waals surface area (Å²) in [6.45, 7) is 6.28. The summed E-state index contributed by atoms with van der Waals surface area (Å²) in [7, 11) is 1.94. The number of aryl methyl sites for hydroxylation is 3. The molecule has 2 aromatic rings. The first-order valence-electron chi connectivity index (χ1n) is 5.34. The van der Waals surface area contributed by atoms with Crippen LogP contribution in [0.2, 0.25) is 0 Å². The van der Waals surface area contributed by atoms with Gasteiger partial charge in [0.05, 0.1) is 5.69 Å². The van der Waals surface area contributed by atoms with E-state index >= 15 is 0 Å². The van der Waals surface area contributed by atoms with Crippen molar-refractivity contribution in [3.63, 3.8) is 0 Å². The van der Waals surface area contributed by atoms with Gasteiger partial charge in [0.2, 0.25) is 0 Å². The first kappa shape index (κ1) is 11.1. The Morgan fingerprint density at radius 3 is 2.56 bits per heavy atom. The Labute approximate surface area is 100 Å². The molecule has 0 bridgehead atoms. The van der Waals surface area contributed by atoms with E-state index in [2.05, 4.69) is 42.3 Å². The van der Waals surface area contributed by atoms with Crippen molar-refractivity contribution in [2.45, 2.75) is 20.8 Å². The van der Waals surface area contributed by atoms with E-state index in [9.17, 15) is 0 Å². The summed E-state index contributed by atoms with van der Waals surface area (Å²) < 4.78 is 0. The molecule has 1 N–H and O–H groups in total. The van der Waals surface area contributed by atoms with Crippen LogP contribution in [0.1, 0.15) is 16.8 Å². The van der Waals surface area contributed by atoms with E-state index < -0.39 is 0 Å². The molecule has 0 radical (unpaired) electrons. The van der Waals surface area contributed by atoms with Crippen LogP contribution in [0.5, 0.6) is 0 Å². The quantitative estimate of drug-likeness (QED) is 0.852. The van der Waals surface area contributed by atoms with Crippen LogP contribution in [0, 0.1) is 20.8 Å². The molecule has 0 saturated carbocycles. The number of hydrogen-bond acceptors (Lipinski definition) is 3. The maximum atomic E-state index is 4.61. The summed E-state index contributed by atoms with van der Waals surface area (Å²) in [5.41, 5.74) is 4.87. The highest BCUT2D eigenvalue weighted by molar-refractivity contribution is 7.19. The highest BCUT2D eigenvalue weighted by Gasteiger charge is 2.10. The third kappa shape index (κ3) is 1.95. The lowest BCUT2D eigenvalue weighted by molar-refractivity contribution is 1.25. The van der Waals surface area contributed by atoms with Crippen molar-refractivity contribution in [1.29, 1.82) is 0 Å². The number of benzene rings is 1. The summed E-state index contributed by atoms with van der Waals surface area (Å²) in [4.78, 5) is 4.61. The molecule has 0 amide bonds. The Bertz CT molecular complexity index is 515. The van der Waals surface area contributed by atoms with Gasteiger partial charge in [0.1, 0.15) is 10.0 Å². The lowest BCUT2D eigenvalue weighted by Gasteiger charge is -2.03. The minimum Gasteiger partial charge on any atom is -0.378 e. The van der Waals surface area contributed by atoms with Crippen molar-refractivity contribution in [3.05, 3.63) is 35.0 Å². The third-order valence-electron chi connectivity index (χ3n) is 2.65. The Morgan fingerprint density at radius 1 is 1.19 bits per heavy atom. The van der Waals surface area contributed by atoms with Gasteiger partial charge in [-0.2, -0.15) is 0 Å². The number of thiazole rings is 1. The Hall–Kier alpha value is -1.35. The van der Waals surface area contributed by atoms with E-state index in [0.29, 0.717) is 0 Å². The fourth-order valence-electron chi connectivity index (χ4n) is 1.71. The number of anilines is 1. The zero-order valence-corrected chi connectivity index (χ0v) is 10.9. The summed E-state index contributed by atoms with van der Waals surface area (Å²) >= 11 is 1.71. The largest absolute Gasteiger partial charge is 0.378 e. The van der Waals surface area contributed by atoms with Crippen LogP contribution in [0.25, 0.3) is 10.6 Å². The minimum absolute atomic E-state index is 1.07. The lowest BCUT2D eigenvalue weighted by atomic mass is 10.1. The topological polar surface area (TPSA) is 24.9 Å². The smallest absolute Gasteiger partial charge is 0.125 e. The maximum absolute atomic E-state index is 4.61. The molecular weight excluding hydrogens is 216 g/mol. The van der Waals surface area contributed by atoms with Gasteiger partial charge in [-0.05, 0) is 32.4 Å². The number of aromatic nitrogens is 1. The SMILES string of the molecule is CNc1sc(-c2cc(C)ccc2C)nc1C. The second-order valence-corrected chi connectivity index (χ2v) is 5.00. The normalized spacial score (nSPS) is 10.5. The number of rotatable bonds is 2. The molecule has 0 atom stereocenters. The average molecular weight is 232 g/mol. The highest BCUT2D eigenvalue weighted by atomic mass is 32.1. The summed E-state index contributed by atoms with van der Waals surface area (Å²) in [5, 5.41) is 5.42. The van der Waals surface area contributed by atoms with E-state index in [1.807, 2.05) is 14.0 Å². The monoisotopic (exact) mass is 232 g/mol. The van der Waals surface area contributed by atoms with E-state index in [-0.39, 0.29) is 0 Å². The Kier molecular flexibility index (Phi) is 2.97. The molecule has 1 aromatic carbocycles. The molecule has 16 heavy (non-hydrogen) atoms. The molecule has 3 heteroatoms. The molecule has 0 aliphatic heterocycles. The molecule has 0 unspecified atom stereocenters. The molecule has 0 spiro atoms. The predicted octanol–water partition coefficient (Wildman–Crippen LogP) is 3.78. The van der Waals surface area contributed by atoms with Gasteiger partial charge >= 0.3 is 0 Å². The molecular formula is C13H16N2S. The third-order valence-corrected chi connectivity index (χ3v) is 3.86. The summed E-state index contributed by atoms with van der Waals surface area (Å²) in [6.07, 6.45) is 0. The van der Waals surface area contributed by atoms with Crippen molar-refractivity contribution in [2.24, 2.45) is 0 Å². The molecule has 2 nitrogen and oxygen atoms in total. The van der Waals surface area contributed by atoms with E-state index in [0.717, 1.165) is 15.7 Å². The van der Waals surface area contributed by atoms with Crippen LogP contribution >= 0.6 is 11.3 Å². The molecule has 2 rings (SSSR count). The first-order chi connectivity index (χ1) is 7.61. The molecule has 0 saturated heterocycles.